The van der Waals surface area contributed by atoms with E-state index in [1.54, 1.807) is 25.1 Å². The zero-order valence-corrected chi connectivity index (χ0v) is 11.0. The van der Waals surface area contributed by atoms with Crippen LogP contribution in [0.2, 0.25) is 0 Å². The molecule has 0 saturated carbocycles. The first-order valence-electron chi connectivity index (χ1n) is 5.17. The topological polar surface area (TPSA) is 57.5 Å². The van der Waals surface area contributed by atoms with Crippen LogP contribution < -0.4 is 0 Å². The van der Waals surface area contributed by atoms with Crippen LogP contribution in [0.4, 0.5) is 0 Å². The lowest BCUT2D eigenvalue weighted by Gasteiger charge is -2.16. The normalized spacial score (nSPS) is 16.3. The van der Waals surface area contributed by atoms with Crippen molar-refractivity contribution in [1.29, 1.82) is 0 Å². The van der Waals surface area contributed by atoms with Gasteiger partial charge in [-0.3, -0.25) is 0 Å². The average molecular weight is 277 g/mol. The van der Waals surface area contributed by atoms with E-state index in [0.29, 0.717) is 11.1 Å². The minimum atomic E-state index is -1.56. The summed E-state index contributed by atoms with van der Waals surface area (Å²) in [5.74, 6) is -1.30. The summed E-state index contributed by atoms with van der Waals surface area (Å²) in [5.41, 5.74) is 1.74. The standard InChI is InChI=1S/C12H14Cl2O3/c1-6(13)8-3-4-9(11(15)12(16)17)10(5-8)7(2)14/h3-7,11,15H,1-2H3,(H,16,17). The van der Waals surface area contributed by atoms with Gasteiger partial charge in [-0.1, -0.05) is 18.2 Å². The van der Waals surface area contributed by atoms with Gasteiger partial charge in [-0.15, -0.1) is 23.2 Å². The highest BCUT2D eigenvalue weighted by Gasteiger charge is 2.22. The summed E-state index contributed by atoms with van der Waals surface area (Å²) in [4.78, 5) is 10.8. The van der Waals surface area contributed by atoms with Crippen molar-refractivity contribution in [2.45, 2.75) is 30.7 Å². The van der Waals surface area contributed by atoms with Gasteiger partial charge in [0.05, 0.1) is 10.8 Å². The summed E-state index contributed by atoms with van der Waals surface area (Å²) in [6.45, 7) is 3.53. The Morgan fingerprint density at radius 3 is 2.18 bits per heavy atom. The molecule has 1 aromatic rings. The molecule has 0 heterocycles. The molecular weight excluding hydrogens is 263 g/mol. The molecule has 1 aromatic carbocycles. The van der Waals surface area contributed by atoms with Crippen LogP contribution in [-0.4, -0.2) is 16.2 Å². The lowest BCUT2D eigenvalue weighted by molar-refractivity contribution is -0.147. The zero-order valence-electron chi connectivity index (χ0n) is 9.52. The van der Waals surface area contributed by atoms with Crippen molar-refractivity contribution in [3.63, 3.8) is 0 Å². The van der Waals surface area contributed by atoms with Gasteiger partial charge in [-0.25, -0.2) is 4.79 Å². The number of carboxylic acids is 1. The van der Waals surface area contributed by atoms with Crippen molar-refractivity contribution in [2.75, 3.05) is 0 Å². The van der Waals surface area contributed by atoms with E-state index < -0.39 is 17.5 Å². The maximum atomic E-state index is 10.8. The van der Waals surface area contributed by atoms with Crippen molar-refractivity contribution in [1.82, 2.24) is 0 Å². The van der Waals surface area contributed by atoms with Crippen LogP contribution in [0.3, 0.4) is 0 Å². The second-order valence-electron chi connectivity index (χ2n) is 3.86. The Morgan fingerprint density at radius 2 is 1.76 bits per heavy atom. The molecule has 1 rings (SSSR count). The largest absolute Gasteiger partial charge is 0.479 e. The Labute approximate surface area is 110 Å². The van der Waals surface area contributed by atoms with Crippen molar-refractivity contribution in [2.24, 2.45) is 0 Å². The number of benzene rings is 1. The van der Waals surface area contributed by atoms with Crippen molar-refractivity contribution in [3.05, 3.63) is 34.9 Å². The van der Waals surface area contributed by atoms with E-state index in [1.807, 2.05) is 6.92 Å². The third-order valence-corrected chi connectivity index (χ3v) is 3.01. The highest BCUT2D eigenvalue weighted by Crippen LogP contribution is 2.32. The van der Waals surface area contributed by atoms with Crippen molar-refractivity contribution in [3.8, 4) is 0 Å². The molecular formula is C12H14Cl2O3. The number of carbonyl (C=O) groups is 1. The summed E-state index contributed by atoms with van der Waals surface area (Å²) < 4.78 is 0. The molecule has 17 heavy (non-hydrogen) atoms. The molecule has 5 heteroatoms. The molecule has 0 bridgehead atoms. The van der Waals surface area contributed by atoms with Gasteiger partial charge in [0, 0.05) is 0 Å². The molecule has 0 fully saturated rings. The molecule has 94 valence electrons. The Morgan fingerprint density at radius 1 is 1.18 bits per heavy atom. The van der Waals surface area contributed by atoms with E-state index in [-0.39, 0.29) is 5.38 Å². The highest BCUT2D eigenvalue weighted by molar-refractivity contribution is 6.21. The molecule has 0 aromatic heterocycles. The number of aliphatic hydroxyl groups excluding tert-OH is 1. The lowest BCUT2D eigenvalue weighted by atomic mass is 9.96. The van der Waals surface area contributed by atoms with Gasteiger partial charge in [0.2, 0.25) is 0 Å². The monoisotopic (exact) mass is 276 g/mol. The van der Waals surface area contributed by atoms with Crippen LogP contribution >= 0.6 is 23.2 Å². The van der Waals surface area contributed by atoms with Gasteiger partial charge < -0.3 is 10.2 Å². The molecule has 0 aliphatic carbocycles. The summed E-state index contributed by atoms with van der Waals surface area (Å²) in [7, 11) is 0. The van der Waals surface area contributed by atoms with Gasteiger partial charge in [0.1, 0.15) is 0 Å². The van der Waals surface area contributed by atoms with Crippen LogP contribution in [-0.2, 0) is 4.79 Å². The SMILES string of the molecule is CC(Cl)c1ccc(C(O)C(=O)O)c(C(C)Cl)c1. The molecule has 0 spiro atoms. The number of alkyl halides is 2. The van der Waals surface area contributed by atoms with Gasteiger partial charge in [-0.2, -0.15) is 0 Å². The Kier molecular flexibility index (Phi) is 4.80. The van der Waals surface area contributed by atoms with Crippen molar-refractivity contribution < 1.29 is 15.0 Å². The van der Waals surface area contributed by atoms with Gasteiger partial charge >= 0.3 is 5.97 Å². The Balaban J connectivity index is 3.27. The van der Waals surface area contributed by atoms with Crippen LogP contribution in [0.5, 0.6) is 0 Å². The van der Waals surface area contributed by atoms with Crippen LogP contribution in [0.1, 0.15) is 47.4 Å². The molecule has 0 amide bonds. The summed E-state index contributed by atoms with van der Waals surface area (Å²) >= 11 is 11.9. The predicted molar refractivity (Wildman–Crippen MR) is 67.6 cm³/mol. The molecule has 0 radical (unpaired) electrons. The first-order chi connectivity index (χ1) is 7.84. The number of aliphatic hydroxyl groups is 1. The van der Waals surface area contributed by atoms with Crippen molar-refractivity contribution >= 4 is 29.2 Å². The number of halogens is 2. The fourth-order valence-corrected chi connectivity index (χ4v) is 1.89. The maximum absolute atomic E-state index is 10.8. The number of hydrogen-bond acceptors (Lipinski definition) is 2. The second kappa shape index (κ2) is 5.71. The average Bonchev–Trinajstić information content (AvgIpc) is 2.26. The number of hydrogen-bond donors (Lipinski definition) is 2. The van der Waals surface area contributed by atoms with E-state index in [4.69, 9.17) is 28.3 Å². The summed E-state index contributed by atoms with van der Waals surface area (Å²) in [5, 5.41) is 17.8. The maximum Gasteiger partial charge on any atom is 0.337 e. The number of rotatable bonds is 4. The first-order valence-corrected chi connectivity index (χ1v) is 6.04. The van der Waals surface area contributed by atoms with Gasteiger partial charge in [0.15, 0.2) is 6.10 Å². The quantitative estimate of drug-likeness (QED) is 0.829. The van der Waals surface area contributed by atoms with E-state index in [1.165, 1.54) is 0 Å². The first kappa shape index (κ1) is 14.3. The fourth-order valence-electron chi connectivity index (χ4n) is 1.57. The second-order valence-corrected chi connectivity index (χ2v) is 5.17. The molecule has 0 saturated heterocycles. The Hall–Kier alpha value is -0.770. The molecule has 3 unspecified atom stereocenters. The van der Waals surface area contributed by atoms with Gasteiger partial charge in [-0.05, 0) is 30.5 Å². The Bertz CT molecular complexity index is 416. The van der Waals surface area contributed by atoms with Crippen LogP contribution in [0, 0.1) is 0 Å². The number of aliphatic carboxylic acids is 1. The molecule has 0 aliphatic heterocycles. The minimum absolute atomic E-state index is 0.194. The smallest absolute Gasteiger partial charge is 0.337 e. The third-order valence-electron chi connectivity index (χ3n) is 2.53. The summed E-state index contributed by atoms with van der Waals surface area (Å²) in [6, 6.07) is 4.99. The van der Waals surface area contributed by atoms with Crippen LogP contribution in [0.15, 0.2) is 18.2 Å². The summed E-state index contributed by atoms with van der Waals surface area (Å²) in [6.07, 6.45) is -1.56. The highest BCUT2D eigenvalue weighted by atomic mass is 35.5. The molecule has 3 atom stereocenters. The molecule has 2 N–H and O–H groups in total. The zero-order chi connectivity index (χ0) is 13.2. The van der Waals surface area contributed by atoms with E-state index in [0.717, 1.165) is 5.56 Å². The van der Waals surface area contributed by atoms with E-state index in [2.05, 4.69) is 0 Å². The lowest BCUT2D eigenvalue weighted by Crippen LogP contribution is -2.13. The molecule has 0 aliphatic rings. The number of carboxylic acid groups (broad SMARTS) is 1. The van der Waals surface area contributed by atoms with E-state index in [9.17, 15) is 9.90 Å². The van der Waals surface area contributed by atoms with Crippen LogP contribution in [0.25, 0.3) is 0 Å². The predicted octanol–water partition coefficient (Wildman–Crippen LogP) is 3.40. The third kappa shape index (κ3) is 3.35. The van der Waals surface area contributed by atoms with Gasteiger partial charge in [0.25, 0.3) is 0 Å². The van der Waals surface area contributed by atoms with E-state index >= 15 is 0 Å². The molecule has 3 nitrogen and oxygen atoms in total. The fraction of sp³-hybridized carbons (Fsp3) is 0.417. The minimum Gasteiger partial charge on any atom is -0.479 e.